The smallest absolute Gasteiger partial charge is 0.137 e. The molecule has 5 fully saturated rings. The van der Waals surface area contributed by atoms with Crippen molar-refractivity contribution in [1.29, 1.82) is 0 Å². The monoisotopic (exact) mass is 384 g/mol. The molecule has 2 N–H and O–H groups in total. The first kappa shape index (κ1) is 18.9. The molecule has 5 aliphatic rings. The lowest BCUT2D eigenvalue weighted by Crippen LogP contribution is -3.14. The molecule has 28 heavy (non-hydrogen) atoms. The summed E-state index contributed by atoms with van der Waals surface area (Å²) in [6.45, 7) is 5.95. The zero-order valence-electron chi connectivity index (χ0n) is 17.5. The standard InChI is InChI=1S/C25H37NO2/c1-18-6-8-26(9-7-18)16-23(27)17-28-24-4-2-22(3-5-24)25-13-19-10-20(14-25)12-21(11-19)15-25/h2-5,18-21,23,27H,6-17H2,1H3/p+1/t19?,20?,21?,23-,25?/m0/s1. The lowest BCUT2D eigenvalue weighted by molar-refractivity contribution is -0.909. The van der Waals surface area contributed by atoms with Crippen LogP contribution in [-0.2, 0) is 5.41 Å². The van der Waals surface area contributed by atoms with Crippen LogP contribution < -0.4 is 9.64 Å². The highest BCUT2D eigenvalue weighted by Crippen LogP contribution is 2.60. The summed E-state index contributed by atoms with van der Waals surface area (Å²) < 4.78 is 5.94. The van der Waals surface area contributed by atoms with Crippen molar-refractivity contribution < 1.29 is 14.7 Å². The molecule has 3 nitrogen and oxygen atoms in total. The Hall–Kier alpha value is -1.06. The third kappa shape index (κ3) is 3.85. The Bertz CT molecular complexity index is 626. The maximum Gasteiger partial charge on any atom is 0.137 e. The first-order valence-electron chi connectivity index (χ1n) is 11.8. The Morgan fingerprint density at radius 2 is 1.57 bits per heavy atom. The topological polar surface area (TPSA) is 33.9 Å². The minimum absolute atomic E-state index is 0.369. The van der Waals surface area contributed by atoms with Crippen molar-refractivity contribution in [3.63, 3.8) is 0 Å². The number of quaternary nitrogens is 1. The van der Waals surface area contributed by atoms with Crippen LogP contribution in [0.25, 0.3) is 0 Å². The van der Waals surface area contributed by atoms with Crippen LogP contribution in [-0.4, -0.2) is 37.5 Å². The summed E-state index contributed by atoms with van der Waals surface area (Å²) in [5, 5.41) is 10.4. The molecule has 1 heterocycles. The normalized spacial score (nSPS) is 40.4. The molecule has 154 valence electrons. The summed E-state index contributed by atoms with van der Waals surface area (Å²) in [6, 6.07) is 8.95. The fourth-order valence-corrected chi connectivity index (χ4v) is 7.33. The molecule has 4 aliphatic carbocycles. The first-order chi connectivity index (χ1) is 13.6. The van der Waals surface area contributed by atoms with E-state index >= 15 is 0 Å². The quantitative estimate of drug-likeness (QED) is 0.790. The minimum atomic E-state index is -0.369. The Morgan fingerprint density at radius 3 is 2.14 bits per heavy atom. The van der Waals surface area contributed by atoms with Crippen molar-refractivity contribution in [2.75, 3.05) is 26.2 Å². The number of nitrogens with one attached hydrogen (secondary N) is 1. The maximum absolute atomic E-state index is 10.4. The number of aliphatic hydroxyl groups is 1. The van der Waals surface area contributed by atoms with Gasteiger partial charge in [0.2, 0.25) is 0 Å². The van der Waals surface area contributed by atoms with Gasteiger partial charge < -0.3 is 14.7 Å². The first-order valence-corrected chi connectivity index (χ1v) is 11.8. The Labute approximate surface area is 170 Å². The van der Waals surface area contributed by atoms with Crippen LogP contribution in [0.15, 0.2) is 24.3 Å². The van der Waals surface area contributed by atoms with Crippen molar-refractivity contribution in [1.82, 2.24) is 0 Å². The van der Waals surface area contributed by atoms with E-state index in [1.165, 1.54) is 69.4 Å². The molecule has 6 rings (SSSR count). The molecule has 3 heteroatoms. The number of benzene rings is 1. The van der Waals surface area contributed by atoms with Crippen LogP contribution in [0, 0.1) is 23.7 Å². The second-order valence-corrected chi connectivity index (χ2v) is 10.8. The molecule has 1 aliphatic heterocycles. The van der Waals surface area contributed by atoms with Crippen molar-refractivity contribution in [2.24, 2.45) is 23.7 Å². The van der Waals surface area contributed by atoms with Gasteiger partial charge in [0.05, 0.1) is 13.1 Å². The number of likely N-dealkylation sites (tertiary alicyclic amines) is 1. The predicted octanol–water partition coefficient (Wildman–Crippen LogP) is 3.21. The van der Waals surface area contributed by atoms with Gasteiger partial charge in [-0.3, -0.25) is 0 Å². The van der Waals surface area contributed by atoms with E-state index in [-0.39, 0.29) is 6.10 Å². The highest BCUT2D eigenvalue weighted by atomic mass is 16.5. The van der Waals surface area contributed by atoms with E-state index in [4.69, 9.17) is 4.74 Å². The van der Waals surface area contributed by atoms with Crippen molar-refractivity contribution in [3.8, 4) is 5.75 Å². The number of hydrogen-bond acceptors (Lipinski definition) is 2. The van der Waals surface area contributed by atoms with E-state index < -0.39 is 0 Å². The van der Waals surface area contributed by atoms with Crippen molar-refractivity contribution in [2.45, 2.75) is 69.8 Å². The second kappa shape index (κ2) is 7.65. The second-order valence-electron chi connectivity index (χ2n) is 10.8. The van der Waals surface area contributed by atoms with E-state index in [9.17, 15) is 5.11 Å². The summed E-state index contributed by atoms with van der Waals surface area (Å²) in [4.78, 5) is 1.53. The molecule has 0 radical (unpaired) electrons. The maximum atomic E-state index is 10.4. The van der Waals surface area contributed by atoms with Crippen LogP contribution in [0.3, 0.4) is 0 Å². The van der Waals surface area contributed by atoms with Crippen LogP contribution >= 0.6 is 0 Å². The molecule has 0 amide bonds. The number of rotatable bonds is 6. The van der Waals surface area contributed by atoms with Crippen LogP contribution in [0.2, 0.25) is 0 Å². The average Bonchev–Trinajstić information content (AvgIpc) is 2.68. The molecule has 4 saturated carbocycles. The molecule has 1 atom stereocenters. The SMILES string of the molecule is CC1CC[NH+](C[C@H](O)COc2ccc(C34CC5CC(CC(C5)C3)C4)cc2)CC1. The Balaban J connectivity index is 1.15. The number of hydrogen-bond donors (Lipinski definition) is 2. The van der Waals surface area contributed by atoms with Gasteiger partial charge in [-0.25, -0.2) is 0 Å². The predicted molar refractivity (Wildman–Crippen MR) is 112 cm³/mol. The summed E-state index contributed by atoms with van der Waals surface area (Å²) >= 11 is 0. The zero-order chi connectivity index (χ0) is 19.1. The largest absolute Gasteiger partial charge is 0.491 e. The van der Waals surface area contributed by atoms with Gasteiger partial charge in [-0.1, -0.05) is 19.1 Å². The third-order valence-corrected chi connectivity index (χ3v) is 8.45. The third-order valence-electron chi connectivity index (χ3n) is 8.45. The molecular weight excluding hydrogens is 346 g/mol. The van der Waals surface area contributed by atoms with E-state index in [1.807, 2.05) is 0 Å². The molecule has 0 unspecified atom stereocenters. The minimum Gasteiger partial charge on any atom is -0.491 e. The molecule has 4 bridgehead atoms. The average molecular weight is 385 g/mol. The van der Waals surface area contributed by atoms with Crippen molar-refractivity contribution in [3.05, 3.63) is 29.8 Å². The molecule has 1 saturated heterocycles. The van der Waals surface area contributed by atoms with Crippen LogP contribution in [0.1, 0.15) is 63.9 Å². The van der Waals surface area contributed by atoms with E-state index in [1.54, 1.807) is 5.56 Å². The van der Waals surface area contributed by atoms with Gasteiger partial charge in [0.1, 0.15) is 25.0 Å². The van der Waals surface area contributed by atoms with Gasteiger partial charge in [0.15, 0.2) is 0 Å². The molecule has 1 aromatic rings. The lowest BCUT2D eigenvalue weighted by atomic mass is 9.48. The van der Waals surface area contributed by atoms with Gasteiger partial charge >= 0.3 is 0 Å². The fourth-order valence-electron chi connectivity index (χ4n) is 7.33. The Morgan fingerprint density at radius 1 is 1.00 bits per heavy atom. The van der Waals surface area contributed by atoms with Gasteiger partial charge in [-0.2, -0.15) is 0 Å². The molecule has 0 spiro atoms. The highest BCUT2D eigenvalue weighted by Gasteiger charge is 2.51. The van der Waals surface area contributed by atoms with Crippen LogP contribution in [0.5, 0.6) is 5.75 Å². The summed E-state index contributed by atoms with van der Waals surface area (Å²) in [5.41, 5.74) is 2.01. The summed E-state index contributed by atoms with van der Waals surface area (Å²) in [7, 11) is 0. The van der Waals surface area contributed by atoms with Gasteiger partial charge in [0, 0.05) is 0 Å². The van der Waals surface area contributed by atoms with E-state index in [2.05, 4.69) is 31.2 Å². The lowest BCUT2D eigenvalue weighted by Gasteiger charge is -2.57. The zero-order valence-corrected chi connectivity index (χ0v) is 17.5. The Kier molecular flexibility index (Phi) is 5.17. The number of aliphatic hydroxyl groups excluding tert-OH is 1. The van der Waals surface area contributed by atoms with Gasteiger partial charge in [-0.05, 0) is 98.1 Å². The summed E-state index contributed by atoms with van der Waals surface area (Å²) in [5.74, 6) is 4.72. The number of ether oxygens (including phenoxy) is 1. The fraction of sp³-hybridized carbons (Fsp3) is 0.760. The van der Waals surface area contributed by atoms with Gasteiger partial charge in [0.25, 0.3) is 0 Å². The van der Waals surface area contributed by atoms with Crippen LogP contribution in [0.4, 0.5) is 0 Å². The van der Waals surface area contributed by atoms with Crippen molar-refractivity contribution >= 4 is 0 Å². The number of piperidine rings is 1. The molecular formula is C25H38NO2+. The molecule has 0 aromatic heterocycles. The highest BCUT2D eigenvalue weighted by molar-refractivity contribution is 5.34. The van der Waals surface area contributed by atoms with Gasteiger partial charge in [-0.15, -0.1) is 0 Å². The van der Waals surface area contributed by atoms with E-state index in [0.717, 1.165) is 36.0 Å². The van der Waals surface area contributed by atoms with E-state index in [0.29, 0.717) is 12.0 Å². The molecule has 1 aromatic carbocycles. The summed E-state index contributed by atoms with van der Waals surface area (Å²) in [6.07, 6.45) is 10.9.